The van der Waals surface area contributed by atoms with Crippen LogP contribution in [0.15, 0.2) is 24.3 Å². The topological polar surface area (TPSA) is 46.6 Å². The molecule has 1 saturated heterocycles. The van der Waals surface area contributed by atoms with Gasteiger partial charge >= 0.3 is 0 Å². The van der Waals surface area contributed by atoms with Gasteiger partial charge in [0, 0.05) is 32.4 Å². The first-order chi connectivity index (χ1) is 12.2. The molecule has 0 N–H and O–H groups in total. The van der Waals surface area contributed by atoms with E-state index < -0.39 is 16.9 Å². The summed E-state index contributed by atoms with van der Waals surface area (Å²) in [6, 6.07) is 7.44. The molecule has 1 aliphatic carbocycles. The second kappa shape index (κ2) is 7.61. The van der Waals surface area contributed by atoms with Gasteiger partial charge in [-0.25, -0.2) is 0 Å². The first-order valence-electron chi connectivity index (χ1n) is 9.26. The number of carbonyl (C=O) groups is 1. The van der Waals surface area contributed by atoms with Crippen LogP contribution in [0, 0.1) is 5.92 Å². The standard InChI is InChI=1S/C20H28ClNO3S/c1-13-19(23)22(17(11-25-13)14-7-9-16(21)10-8-14)18(15-5-6-15)12-26(24)20(2,3)4/h7-10,13,15,17-18H,5-6,11-12H2,1-4H3/t13?,17-,18?,26?/m0/s1. The Morgan fingerprint density at radius 2 is 1.88 bits per heavy atom. The monoisotopic (exact) mass is 397 g/mol. The fourth-order valence-corrected chi connectivity index (χ4v) is 4.79. The Balaban J connectivity index is 1.92. The first kappa shape index (κ1) is 19.8. The highest BCUT2D eigenvalue weighted by Gasteiger charge is 2.46. The Morgan fingerprint density at radius 3 is 2.42 bits per heavy atom. The van der Waals surface area contributed by atoms with Crippen LogP contribution in [0.1, 0.15) is 52.1 Å². The molecule has 1 aliphatic heterocycles. The van der Waals surface area contributed by atoms with E-state index in [9.17, 15) is 9.00 Å². The molecule has 3 rings (SSSR count). The number of benzene rings is 1. The summed E-state index contributed by atoms with van der Waals surface area (Å²) in [6.45, 7) is 8.24. The van der Waals surface area contributed by atoms with E-state index in [1.807, 2.05) is 49.9 Å². The average Bonchev–Trinajstić information content (AvgIpc) is 3.40. The lowest BCUT2D eigenvalue weighted by atomic mass is 9.99. The predicted octanol–water partition coefficient (Wildman–Crippen LogP) is 3.95. The molecule has 1 heterocycles. The van der Waals surface area contributed by atoms with Gasteiger partial charge in [0.25, 0.3) is 5.91 Å². The number of carbonyl (C=O) groups excluding carboxylic acids is 1. The average molecular weight is 398 g/mol. The third-order valence-electron chi connectivity index (χ3n) is 5.23. The fourth-order valence-electron chi connectivity index (χ4n) is 3.42. The molecule has 0 spiro atoms. The number of nitrogens with zero attached hydrogens (tertiary/aromatic N) is 1. The van der Waals surface area contributed by atoms with E-state index in [4.69, 9.17) is 16.3 Å². The van der Waals surface area contributed by atoms with Crippen molar-refractivity contribution in [3.8, 4) is 0 Å². The highest BCUT2D eigenvalue weighted by molar-refractivity contribution is 7.86. The van der Waals surface area contributed by atoms with Crippen molar-refractivity contribution in [1.29, 1.82) is 0 Å². The molecule has 26 heavy (non-hydrogen) atoms. The van der Waals surface area contributed by atoms with Crippen LogP contribution >= 0.6 is 11.6 Å². The van der Waals surface area contributed by atoms with Crippen LogP contribution in [-0.2, 0) is 20.3 Å². The first-order valence-corrected chi connectivity index (χ1v) is 11.0. The zero-order chi connectivity index (χ0) is 19.1. The van der Waals surface area contributed by atoms with E-state index in [1.54, 1.807) is 6.92 Å². The van der Waals surface area contributed by atoms with Gasteiger partial charge in [-0.15, -0.1) is 0 Å². The molecule has 6 heteroatoms. The van der Waals surface area contributed by atoms with Crippen molar-refractivity contribution in [2.45, 2.75) is 63.5 Å². The molecule has 0 bridgehead atoms. The Hall–Kier alpha value is -0.910. The summed E-state index contributed by atoms with van der Waals surface area (Å²) in [5, 5.41) is 0.671. The second-order valence-corrected chi connectivity index (χ2v) is 11.0. The molecule has 0 aromatic heterocycles. The minimum absolute atomic E-state index is 0.000917. The maximum Gasteiger partial charge on any atom is 0.252 e. The molecule has 4 nitrogen and oxygen atoms in total. The summed E-state index contributed by atoms with van der Waals surface area (Å²) in [5.74, 6) is 0.959. The normalized spacial score (nSPS) is 26.7. The van der Waals surface area contributed by atoms with Crippen molar-refractivity contribution in [2.75, 3.05) is 12.4 Å². The molecule has 1 aromatic rings. The van der Waals surface area contributed by atoms with Gasteiger partial charge in [-0.3, -0.25) is 9.00 Å². The minimum atomic E-state index is -1.01. The van der Waals surface area contributed by atoms with Crippen molar-refractivity contribution in [3.63, 3.8) is 0 Å². The molecule has 144 valence electrons. The fraction of sp³-hybridized carbons (Fsp3) is 0.650. The van der Waals surface area contributed by atoms with Crippen LogP contribution in [-0.4, -0.2) is 44.3 Å². The number of hydrogen-bond acceptors (Lipinski definition) is 3. The molecular weight excluding hydrogens is 370 g/mol. The lowest BCUT2D eigenvalue weighted by Crippen LogP contribution is -2.55. The second-order valence-electron chi connectivity index (χ2n) is 8.32. The van der Waals surface area contributed by atoms with E-state index in [2.05, 4.69) is 0 Å². The van der Waals surface area contributed by atoms with E-state index in [0.717, 1.165) is 18.4 Å². The Morgan fingerprint density at radius 1 is 1.27 bits per heavy atom. The van der Waals surface area contributed by atoms with Crippen molar-refractivity contribution in [2.24, 2.45) is 5.92 Å². The van der Waals surface area contributed by atoms with Crippen molar-refractivity contribution < 1.29 is 13.7 Å². The van der Waals surface area contributed by atoms with Crippen molar-refractivity contribution in [3.05, 3.63) is 34.9 Å². The van der Waals surface area contributed by atoms with Crippen LogP contribution in [0.2, 0.25) is 5.02 Å². The highest BCUT2D eigenvalue weighted by atomic mass is 35.5. The predicted molar refractivity (Wildman–Crippen MR) is 106 cm³/mol. The summed E-state index contributed by atoms with van der Waals surface area (Å²) in [4.78, 5) is 15.0. The lowest BCUT2D eigenvalue weighted by Gasteiger charge is -2.44. The number of hydrogen-bond donors (Lipinski definition) is 0. The van der Waals surface area contributed by atoms with Gasteiger partial charge in [0.05, 0.1) is 12.6 Å². The maximum absolute atomic E-state index is 13.1. The van der Waals surface area contributed by atoms with Gasteiger partial charge in [0.15, 0.2) is 0 Å². The summed E-state index contributed by atoms with van der Waals surface area (Å²) >= 11 is 6.03. The molecule has 2 fully saturated rings. The number of amides is 1. The van der Waals surface area contributed by atoms with Gasteiger partial charge < -0.3 is 9.64 Å². The SMILES string of the molecule is CC1OC[C@@H](c2ccc(Cl)cc2)N(C(CS(=O)C(C)(C)C)C2CC2)C1=O. The van der Waals surface area contributed by atoms with Gasteiger partial charge in [0.2, 0.25) is 0 Å². The molecule has 1 amide bonds. The largest absolute Gasteiger partial charge is 0.366 e. The molecule has 2 aliphatic rings. The Labute approximate surface area is 163 Å². The summed E-state index contributed by atoms with van der Waals surface area (Å²) in [5.41, 5.74) is 1.02. The zero-order valence-electron chi connectivity index (χ0n) is 15.9. The molecule has 3 unspecified atom stereocenters. The summed E-state index contributed by atoms with van der Waals surface area (Å²) in [6.07, 6.45) is 1.74. The van der Waals surface area contributed by atoms with Crippen molar-refractivity contribution >= 4 is 28.3 Å². The molecular formula is C20H28ClNO3S. The number of ether oxygens (including phenoxy) is 1. The van der Waals surface area contributed by atoms with E-state index in [0.29, 0.717) is 23.3 Å². The third-order valence-corrected chi connectivity index (χ3v) is 7.49. The zero-order valence-corrected chi connectivity index (χ0v) is 17.5. The van der Waals surface area contributed by atoms with Gasteiger partial charge in [-0.05, 0) is 64.2 Å². The number of rotatable bonds is 5. The van der Waals surface area contributed by atoms with Crippen molar-refractivity contribution in [1.82, 2.24) is 4.90 Å². The van der Waals surface area contributed by atoms with Gasteiger partial charge in [-0.2, -0.15) is 0 Å². The van der Waals surface area contributed by atoms with Gasteiger partial charge in [0.1, 0.15) is 6.10 Å². The van der Waals surface area contributed by atoms with Gasteiger partial charge in [-0.1, -0.05) is 23.7 Å². The van der Waals surface area contributed by atoms with Crippen LogP contribution in [0.25, 0.3) is 0 Å². The van der Waals surface area contributed by atoms with E-state index in [1.165, 1.54) is 0 Å². The third kappa shape index (κ3) is 4.32. The van der Waals surface area contributed by atoms with Crippen LogP contribution in [0.3, 0.4) is 0 Å². The van der Waals surface area contributed by atoms with Crippen LogP contribution in [0.4, 0.5) is 0 Å². The molecule has 0 radical (unpaired) electrons. The number of halogens is 1. The Kier molecular flexibility index (Phi) is 5.80. The van der Waals surface area contributed by atoms with Crippen LogP contribution in [0.5, 0.6) is 0 Å². The summed E-state index contributed by atoms with van der Waals surface area (Å²) < 4.78 is 18.3. The molecule has 1 aromatic carbocycles. The minimum Gasteiger partial charge on any atom is -0.366 e. The molecule has 4 atom stereocenters. The van der Waals surface area contributed by atoms with E-state index >= 15 is 0 Å². The number of morpholine rings is 1. The lowest BCUT2D eigenvalue weighted by molar-refractivity contribution is -0.162. The smallest absolute Gasteiger partial charge is 0.252 e. The Bertz CT molecular complexity index is 681. The van der Waals surface area contributed by atoms with Crippen LogP contribution < -0.4 is 0 Å². The highest BCUT2D eigenvalue weighted by Crippen LogP contribution is 2.41. The molecule has 1 saturated carbocycles. The van der Waals surface area contributed by atoms with E-state index in [-0.39, 0.29) is 22.7 Å². The summed E-state index contributed by atoms with van der Waals surface area (Å²) in [7, 11) is -1.01. The maximum atomic E-state index is 13.1. The quantitative estimate of drug-likeness (QED) is 0.755.